The third-order valence-electron chi connectivity index (χ3n) is 2.57. The average molecular weight is 274 g/mol. The van der Waals surface area contributed by atoms with Gasteiger partial charge >= 0.3 is 5.97 Å². The smallest absolute Gasteiger partial charge is 0.331 e. The zero-order chi connectivity index (χ0) is 13.8. The molecule has 0 bridgehead atoms. The summed E-state index contributed by atoms with van der Waals surface area (Å²) in [4.78, 5) is 23.6. The van der Waals surface area contributed by atoms with Crippen LogP contribution >= 0.6 is 11.6 Å². The highest BCUT2D eigenvalue weighted by Gasteiger charge is 2.35. The molecule has 0 saturated heterocycles. The topological polar surface area (TPSA) is 68.5 Å². The monoisotopic (exact) mass is 273 g/mol. The highest BCUT2D eigenvalue weighted by atomic mass is 35.5. The summed E-state index contributed by atoms with van der Waals surface area (Å²) in [7, 11) is 1.28. The fourth-order valence-corrected chi connectivity index (χ4v) is 1.84. The van der Waals surface area contributed by atoms with Gasteiger partial charge in [0, 0.05) is 0 Å². The first-order valence-corrected chi connectivity index (χ1v) is 5.97. The molecule has 18 heavy (non-hydrogen) atoms. The summed E-state index contributed by atoms with van der Waals surface area (Å²) in [6, 6.07) is 2.91. The Morgan fingerprint density at radius 1 is 1.50 bits per heavy atom. The van der Waals surface area contributed by atoms with E-state index in [-0.39, 0.29) is 11.0 Å². The Bertz CT molecular complexity index is 443. The van der Waals surface area contributed by atoms with Gasteiger partial charge in [0.2, 0.25) is 0 Å². The lowest BCUT2D eigenvalue weighted by molar-refractivity contribution is -0.147. The second-order valence-corrected chi connectivity index (χ2v) is 4.50. The van der Waals surface area contributed by atoms with E-state index in [1.807, 2.05) is 6.92 Å². The number of hydrogen-bond acceptors (Lipinski definition) is 4. The predicted molar refractivity (Wildman–Crippen MR) is 66.5 cm³/mol. The van der Waals surface area contributed by atoms with Crippen molar-refractivity contribution in [2.24, 2.45) is 0 Å². The van der Waals surface area contributed by atoms with Crippen LogP contribution in [-0.2, 0) is 9.53 Å². The van der Waals surface area contributed by atoms with E-state index in [4.69, 9.17) is 20.8 Å². The van der Waals surface area contributed by atoms with Gasteiger partial charge in [0.1, 0.15) is 5.54 Å². The average Bonchev–Trinajstić information content (AvgIpc) is 2.75. The second kappa shape index (κ2) is 5.91. The summed E-state index contributed by atoms with van der Waals surface area (Å²) in [5, 5.41) is 2.73. The molecule has 1 atom stereocenters. The maximum atomic E-state index is 11.9. The Morgan fingerprint density at radius 2 is 2.17 bits per heavy atom. The minimum Gasteiger partial charge on any atom is -0.467 e. The minimum atomic E-state index is -1.07. The molecule has 0 spiro atoms. The van der Waals surface area contributed by atoms with Crippen LogP contribution in [0.4, 0.5) is 0 Å². The maximum absolute atomic E-state index is 11.9. The molecule has 0 aromatic carbocycles. The van der Waals surface area contributed by atoms with E-state index in [0.29, 0.717) is 6.42 Å². The molecule has 6 heteroatoms. The lowest BCUT2D eigenvalue weighted by Crippen LogP contribution is -2.52. The molecule has 0 unspecified atom stereocenters. The van der Waals surface area contributed by atoms with E-state index in [1.165, 1.54) is 19.2 Å². The van der Waals surface area contributed by atoms with E-state index in [9.17, 15) is 9.59 Å². The van der Waals surface area contributed by atoms with Crippen LogP contribution in [0.1, 0.15) is 37.2 Å². The molecule has 1 N–H and O–H groups in total. The molecule has 1 heterocycles. The second-order valence-electron chi connectivity index (χ2n) is 4.13. The summed E-state index contributed by atoms with van der Waals surface area (Å²) in [5.74, 6) is -0.926. The van der Waals surface area contributed by atoms with Crippen LogP contribution in [0.3, 0.4) is 0 Å². The molecule has 1 rings (SSSR count). The molecule has 1 aromatic rings. The van der Waals surface area contributed by atoms with Gasteiger partial charge in [0.05, 0.1) is 7.11 Å². The van der Waals surface area contributed by atoms with Crippen molar-refractivity contribution in [1.29, 1.82) is 0 Å². The number of carbonyl (C=O) groups excluding carboxylic acids is 2. The summed E-state index contributed by atoms with van der Waals surface area (Å²) >= 11 is 5.59. The lowest BCUT2D eigenvalue weighted by Gasteiger charge is -2.26. The first kappa shape index (κ1) is 14.6. The number of ether oxygens (including phenoxy) is 1. The summed E-state index contributed by atoms with van der Waals surface area (Å²) in [5.41, 5.74) is -1.07. The molecule has 100 valence electrons. The molecule has 0 fully saturated rings. The normalized spacial score (nSPS) is 13.8. The van der Waals surface area contributed by atoms with Crippen LogP contribution in [0.5, 0.6) is 0 Å². The van der Waals surface area contributed by atoms with Crippen LogP contribution < -0.4 is 5.32 Å². The van der Waals surface area contributed by atoms with Crippen LogP contribution in [-0.4, -0.2) is 24.5 Å². The summed E-state index contributed by atoms with van der Waals surface area (Å²) in [6.45, 7) is 3.53. The summed E-state index contributed by atoms with van der Waals surface area (Å²) < 4.78 is 9.68. The molecule has 1 aromatic heterocycles. The van der Waals surface area contributed by atoms with Crippen LogP contribution in [0.25, 0.3) is 0 Å². The van der Waals surface area contributed by atoms with Crippen LogP contribution in [0.2, 0.25) is 5.22 Å². The van der Waals surface area contributed by atoms with Crippen molar-refractivity contribution in [1.82, 2.24) is 5.32 Å². The SMILES string of the molecule is CCC[C@](C)(NC(=O)c1ccc(Cl)o1)C(=O)OC. The Balaban J connectivity index is 2.84. The van der Waals surface area contributed by atoms with Crippen molar-refractivity contribution in [2.45, 2.75) is 32.2 Å². The highest BCUT2D eigenvalue weighted by Crippen LogP contribution is 2.18. The number of nitrogens with one attached hydrogen (secondary N) is 1. The van der Waals surface area contributed by atoms with Crippen molar-refractivity contribution in [3.8, 4) is 0 Å². The van der Waals surface area contributed by atoms with Crippen molar-refractivity contribution in [3.05, 3.63) is 23.1 Å². The van der Waals surface area contributed by atoms with Crippen molar-refractivity contribution in [3.63, 3.8) is 0 Å². The number of furan rings is 1. The first-order chi connectivity index (χ1) is 8.42. The number of carbonyl (C=O) groups is 2. The van der Waals surface area contributed by atoms with Crippen molar-refractivity contribution >= 4 is 23.5 Å². The molecule has 0 radical (unpaired) electrons. The lowest BCUT2D eigenvalue weighted by atomic mass is 9.96. The number of rotatable bonds is 5. The molecule has 1 amide bonds. The van der Waals surface area contributed by atoms with E-state index in [0.717, 1.165) is 6.42 Å². The standard InChI is InChI=1S/C12H16ClNO4/c1-4-7-12(2,11(16)17-3)14-10(15)8-5-6-9(13)18-8/h5-6H,4,7H2,1-3H3,(H,14,15)/t12-/m0/s1. The number of hydrogen-bond donors (Lipinski definition) is 1. The zero-order valence-electron chi connectivity index (χ0n) is 10.6. The van der Waals surface area contributed by atoms with E-state index < -0.39 is 17.4 Å². The van der Waals surface area contributed by atoms with Gasteiger partial charge in [-0.1, -0.05) is 13.3 Å². The largest absolute Gasteiger partial charge is 0.467 e. The number of amides is 1. The van der Waals surface area contributed by atoms with Gasteiger partial charge in [-0.3, -0.25) is 4.79 Å². The van der Waals surface area contributed by atoms with Gasteiger partial charge in [0.25, 0.3) is 5.91 Å². The zero-order valence-corrected chi connectivity index (χ0v) is 11.3. The molecule has 0 aliphatic heterocycles. The predicted octanol–water partition coefficient (Wildman–Crippen LogP) is 2.39. The van der Waals surface area contributed by atoms with Crippen molar-refractivity contribution in [2.75, 3.05) is 7.11 Å². The van der Waals surface area contributed by atoms with Crippen LogP contribution in [0, 0.1) is 0 Å². The van der Waals surface area contributed by atoms with E-state index in [1.54, 1.807) is 6.92 Å². The maximum Gasteiger partial charge on any atom is 0.331 e. The molecule has 5 nitrogen and oxygen atoms in total. The Kier molecular flexibility index (Phi) is 4.78. The third-order valence-corrected chi connectivity index (χ3v) is 2.78. The Hall–Kier alpha value is -1.49. The molecule has 0 aliphatic carbocycles. The molecule has 0 saturated carbocycles. The van der Waals surface area contributed by atoms with Gasteiger partial charge in [-0.2, -0.15) is 0 Å². The van der Waals surface area contributed by atoms with Gasteiger partial charge in [-0.05, 0) is 37.1 Å². The fourth-order valence-electron chi connectivity index (χ4n) is 1.69. The minimum absolute atomic E-state index is 0.0613. The Morgan fingerprint density at radius 3 is 2.61 bits per heavy atom. The molecule has 0 aliphatic rings. The highest BCUT2D eigenvalue weighted by molar-refractivity contribution is 6.29. The van der Waals surface area contributed by atoms with Gasteiger partial charge < -0.3 is 14.5 Å². The Labute approximate surface area is 110 Å². The van der Waals surface area contributed by atoms with E-state index >= 15 is 0 Å². The number of halogens is 1. The van der Waals surface area contributed by atoms with Crippen molar-refractivity contribution < 1.29 is 18.7 Å². The number of esters is 1. The van der Waals surface area contributed by atoms with Gasteiger partial charge in [0.15, 0.2) is 11.0 Å². The quantitative estimate of drug-likeness (QED) is 0.837. The molecular formula is C12H16ClNO4. The van der Waals surface area contributed by atoms with Gasteiger partial charge in [-0.15, -0.1) is 0 Å². The first-order valence-electron chi connectivity index (χ1n) is 5.59. The van der Waals surface area contributed by atoms with Crippen LogP contribution in [0.15, 0.2) is 16.5 Å². The van der Waals surface area contributed by atoms with E-state index in [2.05, 4.69) is 5.32 Å². The fraction of sp³-hybridized carbons (Fsp3) is 0.500. The summed E-state index contributed by atoms with van der Waals surface area (Å²) in [6.07, 6.45) is 1.20. The number of methoxy groups -OCH3 is 1. The third kappa shape index (κ3) is 3.26. The van der Waals surface area contributed by atoms with Gasteiger partial charge in [-0.25, -0.2) is 4.79 Å². The molecular weight excluding hydrogens is 258 g/mol.